The summed E-state index contributed by atoms with van der Waals surface area (Å²) in [5.74, 6) is -4.75. The minimum absolute atomic E-state index is 0.110. The quantitative estimate of drug-likeness (QED) is 0.213. The molecule has 260 valence electrons. The van der Waals surface area contributed by atoms with Crippen LogP contribution in [0.15, 0.2) is 65.6 Å². The molecular formula is C33H39NO13S. The maximum atomic E-state index is 13.6. The van der Waals surface area contributed by atoms with Crippen molar-refractivity contribution in [2.75, 3.05) is 20.3 Å². The van der Waals surface area contributed by atoms with Crippen molar-refractivity contribution >= 4 is 47.5 Å². The normalized spacial score (nSPS) is 21.5. The van der Waals surface area contributed by atoms with Crippen LogP contribution in [0.2, 0.25) is 0 Å². The summed E-state index contributed by atoms with van der Waals surface area (Å²) in [5.41, 5.74) is 0.812. The Morgan fingerprint density at radius 2 is 1.50 bits per heavy atom. The molecule has 6 atom stereocenters. The van der Waals surface area contributed by atoms with Crippen LogP contribution in [-0.4, -0.2) is 91.5 Å². The van der Waals surface area contributed by atoms with E-state index >= 15 is 0 Å². The van der Waals surface area contributed by atoms with Crippen LogP contribution in [-0.2, 0) is 68.5 Å². The summed E-state index contributed by atoms with van der Waals surface area (Å²) in [5, 5.41) is 2.73. The highest BCUT2D eigenvalue weighted by Gasteiger charge is 2.59. The van der Waals surface area contributed by atoms with Crippen molar-refractivity contribution in [2.45, 2.75) is 81.0 Å². The molecule has 15 heteroatoms. The molecule has 0 saturated carbocycles. The molecule has 1 amide bonds. The number of thioether (sulfide) groups is 1. The van der Waals surface area contributed by atoms with E-state index in [-0.39, 0.29) is 13.0 Å². The molecule has 2 aromatic carbocycles. The minimum Gasteiger partial charge on any atom is -0.466 e. The number of carbonyl (C=O) groups is 6. The number of carbonyl (C=O) groups excluding carboxylic acids is 6. The molecule has 0 spiro atoms. The van der Waals surface area contributed by atoms with E-state index in [0.29, 0.717) is 4.90 Å². The van der Waals surface area contributed by atoms with Gasteiger partial charge in [0.05, 0.1) is 19.8 Å². The molecule has 0 aromatic heterocycles. The molecule has 1 N–H and O–H groups in total. The number of amides is 1. The molecule has 0 radical (unpaired) electrons. The average molecular weight is 690 g/mol. The lowest BCUT2D eigenvalue weighted by atomic mass is 9.89. The highest BCUT2D eigenvalue weighted by atomic mass is 32.2. The molecule has 1 fully saturated rings. The van der Waals surface area contributed by atoms with Crippen LogP contribution in [0.4, 0.5) is 0 Å². The van der Waals surface area contributed by atoms with Crippen LogP contribution in [0.5, 0.6) is 0 Å². The van der Waals surface area contributed by atoms with Gasteiger partial charge in [-0.05, 0) is 17.7 Å². The summed E-state index contributed by atoms with van der Waals surface area (Å²) >= 11 is 0.933. The lowest BCUT2D eigenvalue weighted by Crippen LogP contribution is -2.68. The Balaban J connectivity index is 2.12. The maximum Gasteiger partial charge on any atom is 0.349 e. The molecule has 2 aromatic rings. The first-order valence-corrected chi connectivity index (χ1v) is 15.7. The van der Waals surface area contributed by atoms with Crippen molar-refractivity contribution in [1.29, 1.82) is 0 Å². The summed E-state index contributed by atoms with van der Waals surface area (Å²) in [4.78, 5) is 74.5. The van der Waals surface area contributed by atoms with Crippen molar-refractivity contribution in [1.82, 2.24) is 5.32 Å². The molecule has 1 heterocycles. The molecule has 14 nitrogen and oxygen atoms in total. The lowest BCUT2D eigenvalue weighted by molar-refractivity contribution is -0.224. The highest BCUT2D eigenvalue weighted by molar-refractivity contribution is 8.01. The fourth-order valence-corrected chi connectivity index (χ4v) is 6.26. The molecule has 48 heavy (non-hydrogen) atoms. The van der Waals surface area contributed by atoms with Gasteiger partial charge in [-0.2, -0.15) is 0 Å². The van der Waals surface area contributed by atoms with E-state index in [4.69, 9.17) is 33.2 Å². The van der Waals surface area contributed by atoms with Crippen LogP contribution < -0.4 is 5.32 Å². The summed E-state index contributed by atoms with van der Waals surface area (Å²) < 4.78 is 39.1. The molecule has 1 aliphatic rings. The van der Waals surface area contributed by atoms with Crippen molar-refractivity contribution in [3.8, 4) is 0 Å². The third-order valence-corrected chi connectivity index (χ3v) is 8.09. The zero-order valence-corrected chi connectivity index (χ0v) is 28.0. The first-order chi connectivity index (χ1) is 22.8. The van der Waals surface area contributed by atoms with Crippen molar-refractivity contribution in [2.24, 2.45) is 0 Å². The van der Waals surface area contributed by atoms with E-state index in [2.05, 4.69) is 5.32 Å². The molecule has 0 unspecified atom stereocenters. The third kappa shape index (κ3) is 11.3. The zero-order chi connectivity index (χ0) is 35.3. The summed E-state index contributed by atoms with van der Waals surface area (Å²) in [6.45, 7) is 3.50. The van der Waals surface area contributed by atoms with Crippen LogP contribution in [0, 0.1) is 0 Å². The van der Waals surface area contributed by atoms with E-state index < -0.39 is 84.4 Å². The molecule has 3 rings (SSSR count). The lowest BCUT2D eigenvalue weighted by Gasteiger charge is -2.48. The number of hydrogen-bond donors (Lipinski definition) is 1. The fraction of sp³-hybridized carbons (Fsp3) is 0.455. The predicted molar refractivity (Wildman–Crippen MR) is 168 cm³/mol. The topological polar surface area (TPSA) is 179 Å². The van der Waals surface area contributed by atoms with Crippen molar-refractivity contribution in [3.05, 3.63) is 66.2 Å². The van der Waals surface area contributed by atoms with E-state index in [1.807, 2.05) is 30.3 Å². The number of nitrogens with one attached hydrogen (secondary N) is 1. The second kappa shape index (κ2) is 18.2. The standard InChI is InChI=1S/C33H39NO13S/c1-20(35)43-18-27(45-22(3)37)30(46-23(4)38)31-29(34-28(39)19-42-17-24-12-8-6-9-13-24)26(44-21(2)36)16-33(47-31,32(40)41-5)48-25-14-10-7-11-15-25/h6-15,26-27,29-31H,16-19H2,1-5H3,(H,34,39)/t26-,27+,29+,30+,31+,33+/m0/s1. The summed E-state index contributed by atoms with van der Waals surface area (Å²) in [6, 6.07) is 16.4. The first kappa shape index (κ1) is 38.0. The number of esters is 5. The number of rotatable bonds is 15. The molecule has 0 aliphatic carbocycles. The Morgan fingerprint density at radius 1 is 0.875 bits per heavy atom. The molecular weight excluding hydrogens is 650 g/mol. The Kier molecular flexibility index (Phi) is 14.4. The Labute approximate surface area is 282 Å². The Morgan fingerprint density at radius 3 is 2.06 bits per heavy atom. The average Bonchev–Trinajstić information content (AvgIpc) is 3.03. The summed E-state index contributed by atoms with van der Waals surface area (Å²) in [6.07, 6.45) is -6.32. The van der Waals surface area contributed by atoms with Gasteiger partial charge in [0.1, 0.15) is 25.4 Å². The van der Waals surface area contributed by atoms with E-state index in [9.17, 15) is 28.8 Å². The SMILES string of the molecule is COC(=O)[C@]1(Sc2ccccc2)C[C@H](OC(C)=O)[C@@H](NC(=O)COCc2ccccc2)[C@H]([C@H](OC(C)=O)[C@@H](COC(C)=O)OC(C)=O)O1. The van der Waals surface area contributed by atoms with Gasteiger partial charge in [-0.25, -0.2) is 4.79 Å². The van der Waals surface area contributed by atoms with Gasteiger partial charge in [-0.15, -0.1) is 0 Å². The van der Waals surface area contributed by atoms with Gasteiger partial charge in [0.2, 0.25) is 10.8 Å². The highest BCUT2D eigenvalue weighted by Crippen LogP contribution is 2.45. The van der Waals surface area contributed by atoms with Crippen molar-refractivity contribution in [3.63, 3.8) is 0 Å². The zero-order valence-electron chi connectivity index (χ0n) is 27.2. The molecule has 0 bridgehead atoms. The number of ether oxygens (including phenoxy) is 7. The van der Waals surface area contributed by atoms with Gasteiger partial charge < -0.3 is 38.5 Å². The predicted octanol–water partition coefficient (Wildman–Crippen LogP) is 2.50. The third-order valence-electron chi connectivity index (χ3n) is 6.82. The van der Waals surface area contributed by atoms with Gasteiger partial charge in [-0.1, -0.05) is 60.3 Å². The van der Waals surface area contributed by atoms with E-state index in [0.717, 1.165) is 52.1 Å². The second-order valence-corrected chi connectivity index (χ2v) is 12.0. The van der Waals surface area contributed by atoms with Gasteiger partial charge in [0, 0.05) is 39.0 Å². The first-order valence-electron chi connectivity index (χ1n) is 14.9. The summed E-state index contributed by atoms with van der Waals surface area (Å²) in [7, 11) is 1.14. The van der Waals surface area contributed by atoms with Crippen LogP contribution in [0.1, 0.15) is 39.7 Å². The van der Waals surface area contributed by atoms with Gasteiger partial charge in [0.25, 0.3) is 0 Å². The number of methoxy groups -OCH3 is 1. The fourth-order valence-electron chi connectivity index (χ4n) is 5.01. The maximum absolute atomic E-state index is 13.6. The smallest absolute Gasteiger partial charge is 0.349 e. The Bertz CT molecular complexity index is 1420. The monoisotopic (exact) mass is 689 g/mol. The minimum atomic E-state index is -1.95. The van der Waals surface area contributed by atoms with Gasteiger partial charge in [-0.3, -0.25) is 24.0 Å². The molecule has 1 aliphatic heterocycles. The van der Waals surface area contributed by atoms with Crippen LogP contribution in [0.3, 0.4) is 0 Å². The second-order valence-electron chi connectivity index (χ2n) is 10.7. The van der Waals surface area contributed by atoms with Gasteiger partial charge >= 0.3 is 29.8 Å². The van der Waals surface area contributed by atoms with Crippen LogP contribution >= 0.6 is 11.8 Å². The van der Waals surface area contributed by atoms with E-state index in [1.165, 1.54) is 0 Å². The van der Waals surface area contributed by atoms with Gasteiger partial charge in [0.15, 0.2) is 12.2 Å². The van der Waals surface area contributed by atoms with E-state index in [1.54, 1.807) is 30.3 Å². The molecule has 1 saturated heterocycles. The number of benzene rings is 2. The van der Waals surface area contributed by atoms with Crippen molar-refractivity contribution < 1.29 is 61.9 Å². The largest absolute Gasteiger partial charge is 0.466 e. The van der Waals surface area contributed by atoms with Crippen LogP contribution in [0.25, 0.3) is 0 Å². The Hall–Kier alpha value is -4.47. The number of hydrogen-bond acceptors (Lipinski definition) is 14.